The second-order valence-electron chi connectivity index (χ2n) is 6.76. The first-order chi connectivity index (χ1) is 12.4. The quantitative estimate of drug-likeness (QED) is 0.739. The minimum absolute atomic E-state index is 0. The van der Waals surface area contributed by atoms with Crippen molar-refractivity contribution in [2.24, 2.45) is 5.73 Å². The SMILES string of the molecule is Cl.NC[C@H]1CC[C@@H](C(=O)N2CCCC(NS(=O)(=O)c3cccc(F)c3)C2)O1. The summed E-state index contributed by atoms with van der Waals surface area (Å²) in [6, 6.07) is 4.46. The van der Waals surface area contributed by atoms with Gasteiger partial charge < -0.3 is 15.4 Å². The summed E-state index contributed by atoms with van der Waals surface area (Å²) in [5.74, 6) is -0.725. The van der Waals surface area contributed by atoms with E-state index in [0.29, 0.717) is 32.4 Å². The third-order valence-electron chi connectivity index (χ3n) is 4.81. The molecule has 1 aromatic rings. The van der Waals surface area contributed by atoms with Crippen molar-refractivity contribution in [3.63, 3.8) is 0 Å². The number of hydrogen-bond acceptors (Lipinski definition) is 5. The zero-order valence-electron chi connectivity index (χ0n) is 14.8. The Hall–Kier alpha value is -1.26. The van der Waals surface area contributed by atoms with Gasteiger partial charge in [0.2, 0.25) is 10.0 Å². The molecule has 0 radical (unpaired) electrons. The van der Waals surface area contributed by atoms with Crippen molar-refractivity contribution in [1.82, 2.24) is 9.62 Å². The van der Waals surface area contributed by atoms with Gasteiger partial charge in [0, 0.05) is 25.7 Å². The number of piperidine rings is 1. The molecule has 2 fully saturated rings. The lowest BCUT2D eigenvalue weighted by atomic mass is 10.1. The molecule has 1 aromatic carbocycles. The fourth-order valence-electron chi connectivity index (χ4n) is 3.46. The predicted molar refractivity (Wildman–Crippen MR) is 101 cm³/mol. The molecule has 2 aliphatic rings. The summed E-state index contributed by atoms with van der Waals surface area (Å²) in [4.78, 5) is 14.1. The summed E-state index contributed by atoms with van der Waals surface area (Å²) in [6.07, 6.45) is 2.12. The van der Waals surface area contributed by atoms with Gasteiger partial charge in [-0.15, -0.1) is 12.4 Å². The number of rotatable bonds is 5. The molecule has 1 unspecified atom stereocenters. The van der Waals surface area contributed by atoms with Crippen molar-refractivity contribution in [2.75, 3.05) is 19.6 Å². The van der Waals surface area contributed by atoms with Crippen molar-refractivity contribution in [1.29, 1.82) is 0 Å². The average molecular weight is 422 g/mol. The van der Waals surface area contributed by atoms with Gasteiger partial charge >= 0.3 is 0 Å². The lowest BCUT2D eigenvalue weighted by Crippen LogP contribution is -2.52. The van der Waals surface area contributed by atoms with Gasteiger partial charge in [-0.3, -0.25) is 4.79 Å². The van der Waals surface area contributed by atoms with E-state index in [4.69, 9.17) is 10.5 Å². The minimum atomic E-state index is -3.84. The molecule has 10 heteroatoms. The Morgan fingerprint density at radius 1 is 1.33 bits per heavy atom. The molecule has 3 rings (SSSR count). The number of hydrogen-bond donors (Lipinski definition) is 2. The fourth-order valence-corrected chi connectivity index (χ4v) is 4.75. The summed E-state index contributed by atoms with van der Waals surface area (Å²) in [6.45, 7) is 1.24. The maximum absolute atomic E-state index is 13.3. The molecule has 0 aromatic heterocycles. The normalized spacial score (nSPS) is 25.9. The summed E-state index contributed by atoms with van der Waals surface area (Å²) in [7, 11) is -3.84. The van der Waals surface area contributed by atoms with Crippen LogP contribution in [-0.2, 0) is 19.6 Å². The number of likely N-dealkylation sites (tertiary alicyclic amines) is 1. The highest BCUT2D eigenvalue weighted by atomic mass is 35.5. The molecule has 2 saturated heterocycles. The van der Waals surface area contributed by atoms with Crippen LogP contribution in [0.2, 0.25) is 0 Å². The van der Waals surface area contributed by atoms with Crippen LogP contribution in [0.15, 0.2) is 29.2 Å². The number of sulfonamides is 1. The number of benzene rings is 1. The maximum Gasteiger partial charge on any atom is 0.251 e. The molecule has 152 valence electrons. The lowest BCUT2D eigenvalue weighted by Gasteiger charge is -2.34. The smallest absolute Gasteiger partial charge is 0.251 e. The first kappa shape index (κ1) is 22.0. The van der Waals surface area contributed by atoms with Gasteiger partial charge in [-0.2, -0.15) is 0 Å². The van der Waals surface area contributed by atoms with Crippen LogP contribution in [0.5, 0.6) is 0 Å². The Kier molecular flexibility index (Phi) is 7.58. The standard InChI is InChI=1S/C17H24FN3O4S.ClH/c18-12-3-1-5-15(9-12)26(23,24)20-13-4-2-8-21(11-13)17(22)16-7-6-14(10-19)25-16;/h1,3,5,9,13-14,16,20H,2,4,6-8,10-11,19H2;1H/t13?,14-,16+;/m1./s1. The van der Waals surface area contributed by atoms with Crippen LogP contribution in [0.1, 0.15) is 25.7 Å². The van der Waals surface area contributed by atoms with E-state index in [-0.39, 0.29) is 35.9 Å². The Labute approximate surface area is 164 Å². The van der Waals surface area contributed by atoms with Crippen LogP contribution >= 0.6 is 12.4 Å². The number of ether oxygens (including phenoxy) is 1. The zero-order chi connectivity index (χ0) is 18.7. The highest BCUT2D eigenvalue weighted by molar-refractivity contribution is 7.89. The monoisotopic (exact) mass is 421 g/mol. The molecule has 0 bridgehead atoms. The number of carbonyl (C=O) groups excluding carboxylic acids is 1. The first-order valence-corrected chi connectivity index (χ1v) is 10.3. The molecular weight excluding hydrogens is 397 g/mol. The van der Waals surface area contributed by atoms with Crippen molar-refractivity contribution in [3.05, 3.63) is 30.1 Å². The van der Waals surface area contributed by atoms with Crippen LogP contribution in [-0.4, -0.2) is 57.1 Å². The van der Waals surface area contributed by atoms with E-state index >= 15 is 0 Å². The predicted octanol–water partition coefficient (Wildman–Crippen LogP) is 1.02. The molecule has 0 spiro atoms. The second-order valence-corrected chi connectivity index (χ2v) is 8.48. The molecule has 0 aliphatic carbocycles. The average Bonchev–Trinajstić information content (AvgIpc) is 3.10. The van der Waals surface area contributed by atoms with Crippen LogP contribution < -0.4 is 10.5 Å². The van der Waals surface area contributed by atoms with Gasteiger partial charge in [-0.1, -0.05) is 6.07 Å². The van der Waals surface area contributed by atoms with Crippen LogP contribution in [0.3, 0.4) is 0 Å². The van der Waals surface area contributed by atoms with Gasteiger partial charge in [0.25, 0.3) is 5.91 Å². The molecule has 3 atom stereocenters. The number of halogens is 2. The van der Waals surface area contributed by atoms with E-state index in [1.807, 2.05) is 0 Å². The summed E-state index contributed by atoms with van der Waals surface area (Å²) in [5.41, 5.74) is 5.58. The van der Waals surface area contributed by atoms with E-state index in [0.717, 1.165) is 12.5 Å². The number of nitrogens with zero attached hydrogens (tertiary/aromatic N) is 1. The number of nitrogens with two attached hydrogens (primary N) is 1. The van der Waals surface area contributed by atoms with Gasteiger partial charge in [0.1, 0.15) is 11.9 Å². The number of nitrogens with one attached hydrogen (secondary N) is 1. The number of carbonyl (C=O) groups is 1. The van der Waals surface area contributed by atoms with Crippen LogP contribution in [0.4, 0.5) is 4.39 Å². The Bertz CT molecular complexity index is 764. The molecule has 7 nitrogen and oxygen atoms in total. The van der Waals surface area contributed by atoms with Crippen molar-refractivity contribution in [3.8, 4) is 0 Å². The Balaban J connectivity index is 0.00000261. The topological polar surface area (TPSA) is 102 Å². The molecule has 2 aliphatic heterocycles. The van der Waals surface area contributed by atoms with E-state index in [2.05, 4.69) is 4.72 Å². The third kappa shape index (κ3) is 5.39. The molecule has 1 amide bonds. The van der Waals surface area contributed by atoms with Gasteiger partial charge in [0.15, 0.2) is 0 Å². The van der Waals surface area contributed by atoms with Gasteiger partial charge in [-0.25, -0.2) is 17.5 Å². The van der Waals surface area contributed by atoms with E-state index in [1.165, 1.54) is 18.2 Å². The van der Waals surface area contributed by atoms with Crippen LogP contribution in [0, 0.1) is 5.82 Å². The molecule has 2 heterocycles. The third-order valence-corrected chi connectivity index (χ3v) is 6.33. The van der Waals surface area contributed by atoms with Crippen molar-refractivity contribution in [2.45, 2.75) is 48.8 Å². The first-order valence-electron chi connectivity index (χ1n) is 8.81. The Morgan fingerprint density at radius 2 is 2.11 bits per heavy atom. The molecular formula is C17H25ClFN3O4S. The van der Waals surface area contributed by atoms with Gasteiger partial charge in [-0.05, 0) is 43.9 Å². The highest BCUT2D eigenvalue weighted by Gasteiger charge is 2.35. The molecule has 27 heavy (non-hydrogen) atoms. The zero-order valence-corrected chi connectivity index (χ0v) is 16.5. The van der Waals surface area contributed by atoms with Crippen LogP contribution in [0.25, 0.3) is 0 Å². The molecule has 3 N–H and O–H groups in total. The Morgan fingerprint density at radius 3 is 2.78 bits per heavy atom. The van der Waals surface area contributed by atoms with Crippen molar-refractivity contribution >= 4 is 28.3 Å². The summed E-state index contributed by atoms with van der Waals surface area (Å²) >= 11 is 0. The maximum atomic E-state index is 13.3. The highest BCUT2D eigenvalue weighted by Crippen LogP contribution is 2.23. The second kappa shape index (κ2) is 9.29. The number of amides is 1. The largest absolute Gasteiger partial charge is 0.364 e. The molecule has 0 saturated carbocycles. The lowest BCUT2D eigenvalue weighted by molar-refractivity contribution is -0.144. The van der Waals surface area contributed by atoms with Crippen molar-refractivity contribution < 1.29 is 22.3 Å². The van der Waals surface area contributed by atoms with E-state index < -0.39 is 28.0 Å². The van der Waals surface area contributed by atoms with Gasteiger partial charge in [0.05, 0.1) is 11.0 Å². The summed E-state index contributed by atoms with van der Waals surface area (Å²) < 4.78 is 46.4. The van der Waals surface area contributed by atoms with E-state index in [1.54, 1.807) is 4.90 Å². The minimum Gasteiger partial charge on any atom is -0.364 e. The van der Waals surface area contributed by atoms with E-state index in [9.17, 15) is 17.6 Å². The summed E-state index contributed by atoms with van der Waals surface area (Å²) in [5, 5.41) is 0. The fraction of sp³-hybridized carbons (Fsp3) is 0.588.